The third kappa shape index (κ3) is 8.66. The van der Waals surface area contributed by atoms with Crippen LogP contribution in [0.4, 0.5) is 0 Å². The predicted molar refractivity (Wildman–Crippen MR) is 125 cm³/mol. The van der Waals surface area contributed by atoms with Crippen molar-refractivity contribution in [1.29, 1.82) is 0 Å². The first-order valence-corrected chi connectivity index (χ1v) is 9.93. The first-order valence-electron chi connectivity index (χ1n) is 9.93. The molecule has 0 aliphatic carbocycles. The molecule has 2 N–H and O–H groups in total. The van der Waals surface area contributed by atoms with Crippen LogP contribution in [0.3, 0.4) is 0 Å². The molecule has 32 heavy (non-hydrogen) atoms. The number of para-hydroxylation sites is 2. The van der Waals surface area contributed by atoms with E-state index in [-0.39, 0.29) is 12.8 Å². The van der Waals surface area contributed by atoms with Crippen LogP contribution < -0.4 is 20.3 Å². The average Bonchev–Trinajstić information content (AvgIpc) is 2.81. The highest BCUT2D eigenvalue weighted by atomic mass is 16.5. The Hall–Kier alpha value is -4.20. The van der Waals surface area contributed by atoms with E-state index in [1.165, 1.54) is 12.4 Å². The van der Waals surface area contributed by atoms with Gasteiger partial charge in [0.2, 0.25) is 11.8 Å². The molecule has 2 rings (SSSR count). The van der Waals surface area contributed by atoms with Crippen LogP contribution >= 0.6 is 0 Å². The Labute approximate surface area is 187 Å². The number of hydrogen-bond acceptors (Lipinski definition) is 6. The summed E-state index contributed by atoms with van der Waals surface area (Å²) in [5.41, 5.74) is 6.20. The third-order valence-electron chi connectivity index (χ3n) is 3.92. The molecule has 0 aromatic heterocycles. The minimum atomic E-state index is -0.395. The zero-order valence-corrected chi connectivity index (χ0v) is 17.7. The van der Waals surface area contributed by atoms with Crippen molar-refractivity contribution in [3.63, 3.8) is 0 Å². The van der Waals surface area contributed by atoms with Crippen LogP contribution in [0.25, 0.3) is 0 Å². The monoisotopic (exact) mass is 434 g/mol. The second-order valence-electron chi connectivity index (χ2n) is 6.36. The smallest absolute Gasteiger partial charge is 0.240 e. The average molecular weight is 434 g/mol. The summed E-state index contributed by atoms with van der Waals surface area (Å²) in [4.78, 5) is 23.8. The molecular formula is C24H26N4O4. The molecular weight excluding hydrogens is 408 g/mol. The van der Waals surface area contributed by atoms with Crippen LogP contribution in [0.15, 0.2) is 84.0 Å². The first-order chi connectivity index (χ1) is 15.6. The van der Waals surface area contributed by atoms with Gasteiger partial charge in [-0.15, -0.1) is 0 Å². The number of carbonyl (C=O) groups is 2. The summed E-state index contributed by atoms with van der Waals surface area (Å²) in [6.45, 7) is 7.94. The minimum absolute atomic E-state index is 0.0354. The Bertz CT molecular complexity index is 906. The quantitative estimate of drug-likeness (QED) is 0.287. The second-order valence-corrected chi connectivity index (χ2v) is 6.36. The number of rotatable bonds is 13. The minimum Gasteiger partial charge on any atom is -0.489 e. The normalized spacial score (nSPS) is 10.6. The summed E-state index contributed by atoms with van der Waals surface area (Å²) in [5.74, 6) is 0.458. The topological polar surface area (TPSA) is 101 Å². The van der Waals surface area contributed by atoms with E-state index in [4.69, 9.17) is 9.47 Å². The van der Waals surface area contributed by atoms with E-state index in [1.807, 2.05) is 24.3 Å². The van der Waals surface area contributed by atoms with Gasteiger partial charge in [0.05, 0.1) is 12.4 Å². The molecule has 0 radical (unpaired) electrons. The molecule has 0 saturated carbocycles. The van der Waals surface area contributed by atoms with Crippen molar-refractivity contribution < 1.29 is 19.1 Å². The molecule has 0 saturated heterocycles. The van der Waals surface area contributed by atoms with Crippen LogP contribution in [-0.4, -0.2) is 37.5 Å². The molecule has 166 valence electrons. The number of benzene rings is 2. The van der Waals surface area contributed by atoms with Gasteiger partial charge >= 0.3 is 0 Å². The first kappa shape index (κ1) is 24.1. The van der Waals surface area contributed by atoms with Crippen molar-refractivity contribution in [2.45, 2.75) is 12.8 Å². The van der Waals surface area contributed by atoms with Gasteiger partial charge in [0.1, 0.15) is 24.7 Å². The van der Waals surface area contributed by atoms with Gasteiger partial charge in [-0.05, 0) is 24.3 Å². The molecule has 0 aliphatic rings. The van der Waals surface area contributed by atoms with Crippen LogP contribution in [0.5, 0.6) is 11.5 Å². The van der Waals surface area contributed by atoms with Crippen molar-refractivity contribution in [2.24, 2.45) is 10.2 Å². The van der Waals surface area contributed by atoms with Crippen molar-refractivity contribution in [2.75, 3.05) is 13.2 Å². The maximum Gasteiger partial charge on any atom is 0.240 e. The molecule has 2 aromatic carbocycles. The SMILES string of the molecule is C=CCOc1ccccc1/C=N/NC(=O)CCC(=O)N/N=C/c1ccccc1OCC=C. The molecule has 8 nitrogen and oxygen atoms in total. The van der Waals surface area contributed by atoms with Gasteiger partial charge in [0, 0.05) is 24.0 Å². The number of hydrazone groups is 2. The summed E-state index contributed by atoms with van der Waals surface area (Å²) >= 11 is 0. The zero-order valence-electron chi connectivity index (χ0n) is 17.7. The highest BCUT2D eigenvalue weighted by Gasteiger charge is 2.06. The summed E-state index contributed by atoms with van der Waals surface area (Å²) in [6, 6.07) is 14.5. The number of nitrogens with zero attached hydrogens (tertiary/aromatic N) is 2. The van der Waals surface area contributed by atoms with E-state index in [9.17, 15) is 9.59 Å². The number of nitrogens with one attached hydrogen (secondary N) is 2. The summed E-state index contributed by atoms with van der Waals surface area (Å²) in [5, 5.41) is 7.82. The largest absolute Gasteiger partial charge is 0.489 e. The van der Waals surface area contributed by atoms with E-state index in [0.717, 1.165) is 0 Å². The molecule has 2 aromatic rings. The van der Waals surface area contributed by atoms with E-state index >= 15 is 0 Å². The molecule has 0 atom stereocenters. The van der Waals surface area contributed by atoms with Crippen molar-refractivity contribution in [3.05, 3.63) is 85.0 Å². The van der Waals surface area contributed by atoms with Crippen LogP contribution in [0.2, 0.25) is 0 Å². The Morgan fingerprint density at radius 2 is 1.16 bits per heavy atom. The summed E-state index contributed by atoms with van der Waals surface area (Å²) in [6.07, 6.45) is 6.16. The van der Waals surface area contributed by atoms with E-state index in [0.29, 0.717) is 35.8 Å². The van der Waals surface area contributed by atoms with Gasteiger partial charge < -0.3 is 9.47 Å². The molecule has 0 fully saturated rings. The van der Waals surface area contributed by atoms with Gasteiger partial charge in [0.15, 0.2) is 0 Å². The lowest BCUT2D eigenvalue weighted by molar-refractivity contribution is -0.126. The van der Waals surface area contributed by atoms with Gasteiger partial charge in [-0.25, -0.2) is 10.9 Å². The Balaban J connectivity index is 1.76. The van der Waals surface area contributed by atoms with Crippen molar-refractivity contribution >= 4 is 24.2 Å². The van der Waals surface area contributed by atoms with E-state index in [1.54, 1.807) is 36.4 Å². The third-order valence-corrected chi connectivity index (χ3v) is 3.92. The standard InChI is InChI=1S/C24H26N4O4/c1-3-15-31-21-11-7-5-9-19(21)17-25-27-23(29)13-14-24(30)28-26-18-20-10-6-8-12-22(20)32-16-4-2/h3-12,17-18H,1-2,13-16H2,(H,27,29)(H,28,30)/b25-17+,26-18+. The van der Waals surface area contributed by atoms with Crippen molar-refractivity contribution in [3.8, 4) is 11.5 Å². The number of ether oxygens (including phenoxy) is 2. The highest BCUT2D eigenvalue weighted by Crippen LogP contribution is 2.16. The molecule has 0 unspecified atom stereocenters. The molecule has 0 heterocycles. The van der Waals surface area contributed by atoms with E-state index < -0.39 is 11.8 Å². The molecule has 2 amide bonds. The van der Waals surface area contributed by atoms with Crippen molar-refractivity contribution in [1.82, 2.24) is 10.9 Å². The summed E-state index contributed by atoms with van der Waals surface area (Å²) in [7, 11) is 0. The Morgan fingerprint density at radius 3 is 1.56 bits per heavy atom. The van der Waals surface area contributed by atoms with Gasteiger partial charge in [-0.2, -0.15) is 10.2 Å². The van der Waals surface area contributed by atoms with Crippen LogP contribution in [0, 0.1) is 0 Å². The molecule has 0 aliphatic heterocycles. The fourth-order valence-electron chi connectivity index (χ4n) is 2.42. The maximum absolute atomic E-state index is 11.9. The second kappa shape index (κ2) is 13.9. The van der Waals surface area contributed by atoms with Crippen LogP contribution in [0.1, 0.15) is 24.0 Å². The summed E-state index contributed by atoms with van der Waals surface area (Å²) < 4.78 is 11.0. The fourth-order valence-corrected chi connectivity index (χ4v) is 2.42. The lowest BCUT2D eigenvalue weighted by atomic mass is 10.2. The fraction of sp³-hybridized carbons (Fsp3) is 0.167. The lowest BCUT2D eigenvalue weighted by Crippen LogP contribution is -2.22. The predicted octanol–water partition coefficient (Wildman–Crippen LogP) is 3.20. The zero-order chi connectivity index (χ0) is 23.0. The number of amides is 2. The Morgan fingerprint density at radius 1 is 0.750 bits per heavy atom. The lowest BCUT2D eigenvalue weighted by Gasteiger charge is -2.06. The Kier molecular flexibility index (Phi) is 10.5. The number of carbonyl (C=O) groups excluding carboxylic acids is 2. The van der Waals surface area contributed by atoms with Gasteiger partial charge in [-0.3, -0.25) is 9.59 Å². The molecule has 0 bridgehead atoms. The highest BCUT2D eigenvalue weighted by molar-refractivity contribution is 5.88. The van der Waals surface area contributed by atoms with Crippen LogP contribution in [-0.2, 0) is 9.59 Å². The van der Waals surface area contributed by atoms with Gasteiger partial charge in [0.25, 0.3) is 0 Å². The molecule has 8 heteroatoms. The van der Waals surface area contributed by atoms with Gasteiger partial charge in [-0.1, -0.05) is 49.6 Å². The molecule has 0 spiro atoms. The maximum atomic E-state index is 11.9. The number of hydrogen-bond donors (Lipinski definition) is 2. The van der Waals surface area contributed by atoms with E-state index in [2.05, 4.69) is 34.2 Å².